The third-order valence-corrected chi connectivity index (χ3v) is 15.2. The molecule has 0 spiro atoms. The summed E-state index contributed by atoms with van der Waals surface area (Å²) in [6.07, 6.45) is 33.0. The summed E-state index contributed by atoms with van der Waals surface area (Å²) in [5, 5.41) is 0. The fraction of sp³-hybridized carbons (Fsp3) is 1.00. The fourth-order valence-corrected chi connectivity index (χ4v) is 13.4. The van der Waals surface area contributed by atoms with Crippen LogP contribution >= 0.6 is 12.6 Å². The van der Waals surface area contributed by atoms with Crippen molar-refractivity contribution in [2.75, 3.05) is 6.54 Å². The molecule has 0 aliphatic heterocycles. The molecule has 218 valence electrons. The quantitative estimate of drug-likeness (QED) is 0.294. The summed E-state index contributed by atoms with van der Waals surface area (Å²) in [7, 11) is 0. The van der Waals surface area contributed by atoms with Gasteiger partial charge in [-0.05, 0) is 123 Å². The first-order chi connectivity index (χ1) is 18.6. The Hall–Kier alpha value is 0.310. The second-order valence-electron chi connectivity index (χ2n) is 15.9. The topological polar surface area (TPSA) is 26.0 Å². The number of hydrogen-bond acceptors (Lipinski definition) is 2. The van der Waals surface area contributed by atoms with Gasteiger partial charge in [0.2, 0.25) is 0 Å². The van der Waals surface area contributed by atoms with Crippen LogP contribution in [0.3, 0.4) is 0 Å². The Morgan fingerprint density at radius 3 is 2.00 bits per heavy atom. The van der Waals surface area contributed by atoms with Gasteiger partial charge in [0, 0.05) is 4.75 Å². The number of hydrogen-bond donors (Lipinski definition) is 2. The molecule has 0 amide bonds. The second-order valence-corrected chi connectivity index (χ2v) is 16.7. The average molecular weight is 542 g/mol. The molecule has 0 radical (unpaired) electrons. The summed E-state index contributed by atoms with van der Waals surface area (Å²) in [6, 6.07) is 0. The lowest BCUT2D eigenvalue weighted by Gasteiger charge is -2.68. The van der Waals surface area contributed by atoms with Gasteiger partial charge in [-0.2, -0.15) is 12.6 Å². The van der Waals surface area contributed by atoms with E-state index in [1.807, 2.05) is 0 Å². The van der Waals surface area contributed by atoms with Crippen LogP contribution in [0.2, 0.25) is 0 Å². The van der Waals surface area contributed by atoms with Crippen molar-refractivity contribution in [2.24, 2.45) is 70.8 Å². The van der Waals surface area contributed by atoms with E-state index in [-0.39, 0.29) is 0 Å². The first-order valence-electron chi connectivity index (χ1n) is 18.0. The highest BCUT2D eigenvalue weighted by molar-refractivity contribution is 7.82. The van der Waals surface area contributed by atoms with Gasteiger partial charge in [0.25, 0.3) is 0 Å². The SMILES string of the molecule is CC(CC(CCN)C1CCCC(C2CCCCC2)C1)C1CCCC(C2CCCC3C4CCCCC4[C@@]23S)C1. The molecule has 11 atom stereocenters. The lowest BCUT2D eigenvalue weighted by molar-refractivity contribution is -0.101. The summed E-state index contributed by atoms with van der Waals surface area (Å²) in [5.74, 6) is 10.7. The predicted octanol–water partition coefficient (Wildman–Crippen LogP) is 10.1. The largest absolute Gasteiger partial charge is 0.330 e. The van der Waals surface area contributed by atoms with Crippen molar-refractivity contribution in [3.63, 3.8) is 0 Å². The molecule has 0 heterocycles. The van der Waals surface area contributed by atoms with Gasteiger partial charge in [-0.25, -0.2) is 0 Å². The van der Waals surface area contributed by atoms with E-state index in [0.717, 1.165) is 71.6 Å². The standard InChI is InChI=1S/C36H63NS/c1-25(22-30(20-21-37)29-14-8-13-28(24-29)26-10-3-2-4-11-26)27-12-7-15-31(23-27)33-18-9-19-35-32-16-5-6-17-34(32)36(33,35)38/h25-35,38H,2-24,37H2,1H3/t25?,27?,28?,29?,30?,31?,32?,33?,34?,35?,36-/m0/s1. The minimum Gasteiger partial charge on any atom is -0.330 e. The van der Waals surface area contributed by atoms with E-state index in [0.29, 0.717) is 4.75 Å². The van der Waals surface area contributed by atoms with E-state index in [1.165, 1.54) is 135 Å². The predicted molar refractivity (Wildman–Crippen MR) is 166 cm³/mol. The smallest absolute Gasteiger partial charge is 0.0222 e. The van der Waals surface area contributed by atoms with Crippen LogP contribution in [0.1, 0.15) is 148 Å². The minimum atomic E-state index is 0.414. The molecule has 0 aromatic rings. The van der Waals surface area contributed by atoms with Gasteiger partial charge in [-0.3, -0.25) is 0 Å². The van der Waals surface area contributed by atoms with Crippen LogP contribution in [-0.4, -0.2) is 11.3 Å². The summed E-state index contributed by atoms with van der Waals surface area (Å²) < 4.78 is 0.414. The lowest BCUT2D eigenvalue weighted by atomic mass is 9.42. The molecule has 10 unspecified atom stereocenters. The zero-order valence-corrected chi connectivity index (χ0v) is 26.0. The van der Waals surface area contributed by atoms with Crippen molar-refractivity contribution < 1.29 is 0 Å². The van der Waals surface area contributed by atoms with Crippen LogP contribution in [0.25, 0.3) is 0 Å². The summed E-state index contributed by atoms with van der Waals surface area (Å²) in [4.78, 5) is 0. The van der Waals surface area contributed by atoms with Crippen LogP contribution in [-0.2, 0) is 0 Å². The van der Waals surface area contributed by atoms with E-state index in [4.69, 9.17) is 18.4 Å². The summed E-state index contributed by atoms with van der Waals surface area (Å²) in [6.45, 7) is 3.57. The number of fused-ring (bicyclic) bond motifs is 4. The van der Waals surface area contributed by atoms with Crippen LogP contribution in [0, 0.1) is 65.1 Å². The lowest BCUT2D eigenvalue weighted by Crippen LogP contribution is -2.66. The molecule has 6 aliphatic rings. The molecule has 0 aromatic carbocycles. The minimum absolute atomic E-state index is 0.414. The first kappa shape index (κ1) is 28.4. The summed E-state index contributed by atoms with van der Waals surface area (Å²) in [5.41, 5.74) is 6.28. The molecule has 0 saturated heterocycles. The molecular formula is C36H63NS. The third kappa shape index (κ3) is 5.55. The van der Waals surface area contributed by atoms with Crippen LogP contribution in [0.4, 0.5) is 0 Å². The van der Waals surface area contributed by atoms with Gasteiger partial charge in [0.15, 0.2) is 0 Å². The van der Waals surface area contributed by atoms with E-state index in [9.17, 15) is 0 Å². The maximum atomic E-state index is 6.28. The van der Waals surface area contributed by atoms with Crippen LogP contribution < -0.4 is 5.73 Å². The van der Waals surface area contributed by atoms with Crippen molar-refractivity contribution in [1.82, 2.24) is 0 Å². The van der Waals surface area contributed by atoms with E-state index in [1.54, 1.807) is 6.42 Å². The van der Waals surface area contributed by atoms with E-state index >= 15 is 0 Å². The molecule has 2 heteroatoms. The van der Waals surface area contributed by atoms with Crippen molar-refractivity contribution in [2.45, 2.75) is 153 Å². The molecule has 38 heavy (non-hydrogen) atoms. The molecule has 2 N–H and O–H groups in total. The van der Waals surface area contributed by atoms with Gasteiger partial charge >= 0.3 is 0 Å². The maximum absolute atomic E-state index is 6.28. The van der Waals surface area contributed by atoms with E-state index in [2.05, 4.69) is 6.92 Å². The van der Waals surface area contributed by atoms with Crippen molar-refractivity contribution in [3.05, 3.63) is 0 Å². The number of rotatable bonds is 8. The highest BCUT2D eigenvalue weighted by Gasteiger charge is 2.64. The Morgan fingerprint density at radius 2 is 1.21 bits per heavy atom. The molecule has 6 saturated carbocycles. The van der Waals surface area contributed by atoms with Gasteiger partial charge in [0.1, 0.15) is 0 Å². The van der Waals surface area contributed by atoms with E-state index < -0.39 is 0 Å². The number of thiol groups is 1. The van der Waals surface area contributed by atoms with Gasteiger partial charge in [-0.1, -0.05) is 96.8 Å². The Bertz CT molecular complexity index is 734. The normalized spacial score (nSPS) is 45.9. The third-order valence-electron chi connectivity index (χ3n) is 14.2. The Morgan fingerprint density at radius 1 is 0.632 bits per heavy atom. The molecule has 6 aliphatic carbocycles. The molecule has 1 nitrogen and oxygen atoms in total. The second kappa shape index (κ2) is 12.7. The van der Waals surface area contributed by atoms with Crippen molar-refractivity contribution in [3.8, 4) is 0 Å². The maximum Gasteiger partial charge on any atom is 0.0222 e. The highest BCUT2D eigenvalue weighted by Crippen LogP contribution is 2.68. The van der Waals surface area contributed by atoms with Gasteiger partial charge in [-0.15, -0.1) is 0 Å². The highest BCUT2D eigenvalue weighted by atomic mass is 32.1. The van der Waals surface area contributed by atoms with Crippen LogP contribution in [0.5, 0.6) is 0 Å². The van der Waals surface area contributed by atoms with Crippen LogP contribution in [0.15, 0.2) is 0 Å². The molecule has 6 fully saturated rings. The molecule has 6 rings (SSSR count). The molecular weight excluding hydrogens is 478 g/mol. The molecule has 0 bridgehead atoms. The number of nitrogens with two attached hydrogens (primary N) is 1. The van der Waals surface area contributed by atoms with Gasteiger partial charge in [0.05, 0.1) is 0 Å². The average Bonchev–Trinajstić information content (AvgIpc) is 2.97. The Kier molecular flexibility index (Phi) is 9.48. The fourth-order valence-electron chi connectivity index (χ4n) is 12.4. The summed E-state index contributed by atoms with van der Waals surface area (Å²) >= 11 is 5.70. The zero-order chi connectivity index (χ0) is 26.1. The zero-order valence-electron chi connectivity index (χ0n) is 25.1. The monoisotopic (exact) mass is 541 g/mol. The van der Waals surface area contributed by atoms with Gasteiger partial charge < -0.3 is 5.73 Å². The Balaban J connectivity index is 1.07. The Labute approximate surface area is 242 Å². The van der Waals surface area contributed by atoms with Crippen molar-refractivity contribution in [1.29, 1.82) is 0 Å². The molecule has 0 aromatic heterocycles. The first-order valence-corrected chi connectivity index (χ1v) is 18.5. The van der Waals surface area contributed by atoms with Crippen molar-refractivity contribution >= 4 is 12.6 Å².